The minimum absolute atomic E-state index is 0.172. The Kier molecular flexibility index (Phi) is 2.70. The highest BCUT2D eigenvalue weighted by molar-refractivity contribution is 6.34. The molecule has 2 aromatic rings. The molecule has 0 aliphatic carbocycles. The molecule has 1 heterocycles. The molecule has 0 bridgehead atoms. The van der Waals surface area contributed by atoms with Crippen LogP contribution in [0.4, 0.5) is 0 Å². The summed E-state index contributed by atoms with van der Waals surface area (Å²) in [5, 5.41) is 14.4. The predicted octanol–water partition coefficient (Wildman–Crippen LogP) is 2.07. The summed E-state index contributed by atoms with van der Waals surface area (Å²) in [5.41, 5.74) is 1.02. The van der Waals surface area contributed by atoms with E-state index in [1.807, 2.05) is 28.9 Å². The molecular formula is C10H11ClN2O. The maximum Gasteiger partial charge on any atom is 0.158 e. The summed E-state index contributed by atoms with van der Waals surface area (Å²) in [6, 6.07) is 7.81. The Bertz CT molecular complexity index is 439. The first-order valence-electron chi connectivity index (χ1n) is 4.55. The normalized spacial score (nSPS) is 11.0. The Balaban J connectivity index is 2.44. The van der Waals surface area contributed by atoms with Gasteiger partial charge in [0.15, 0.2) is 5.15 Å². The number of para-hydroxylation sites is 1. The van der Waals surface area contributed by atoms with Crippen molar-refractivity contribution < 1.29 is 5.11 Å². The van der Waals surface area contributed by atoms with Crippen molar-refractivity contribution in [1.29, 1.82) is 0 Å². The highest BCUT2D eigenvalue weighted by atomic mass is 35.5. The monoisotopic (exact) mass is 210 g/mol. The van der Waals surface area contributed by atoms with Crippen LogP contribution in [0.2, 0.25) is 5.15 Å². The van der Waals surface area contributed by atoms with E-state index in [4.69, 9.17) is 16.7 Å². The molecule has 0 saturated heterocycles. The van der Waals surface area contributed by atoms with Gasteiger partial charge in [0.1, 0.15) is 0 Å². The van der Waals surface area contributed by atoms with E-state index in [1.165, 1.54) is 0 Å². The Morgan fingerprint density at radius 2 is 2.14 bits per heavy atom. The zero-order valence-corrected chi connectivity index (χ0v) is 8.41. The van der Waals surface area contributed by atoms with Crippen molar-refractivity contribution in [3.05, 3.63) is 29.4 Å². The van der Waals surface area contributed by atoms with E-state index in [0.29, 0.717) is 18.1 Å². The van der Waals surface area contributed by atoms with Crippen molar-refractivity contribution in [1.82, 2.24) is 9.78 Å². The number of aliphatic hydroxyl groups excluding tert-OH is 1. The SMILES string of the molecule is OCCCn1nc(Cl)c2ccccc21. The second kappa shape index (κ2) is 3.98. The lowest BCUT2D eigenvalue weighted by molar-refractivity contribution is 0.278. The van der Waals surface area contributed by atoms with Gasteiger partial charge in [-0.1, -0.05) is 23.7 Å². The van der Waals surface area contributed by atoms with Gasteiger partial charge in [-0.25, -0.2) is 0 Å². The maximum absolute atomic E-state index is 8.73. The number of hydrogen-bond acceptors (Lipinski definition) is 2. The van der Waals surface area contributed by atoms with Crippen molar-refractivity contribution in [2.24, 2.45) is 0 Å². The van der Waals surface area contributed by atoms with Crippen LogP contribution in [-0.2, 0) is 6.54 Å². The average Bonchev–Trinajstić information content (AvgIpc) is 2.54. The van der Waals surface area contributed by atoms with Crippen LogP contribution in [0.25, 0.3) is 10.9 Å². The number of aromatic nitrogens is 2. The van der Waals surface area contributed by atoms with Gasteiger partial charge in [-0.2, -0.15) is 5.10 Å². The molecular weight excluding hydrogens is 200 g/mol. The third-order valence-electron chi connectivity index (χ3n) is 2.14. The van der Waals surface area contributed by atoms with E-state index >= 15 is 0 Å². The molecule has 0 aliphatic heterocycles. The minimum Gasteiger partial charge on any atom is -0.396 e. The molecule has 0 saturated carbocycles. The predicted molar refractivity (Wildman–Crippen MR) is 56.4 cm³/mol. The van der Waals surface area contributed by atoms with E-state index < -0.39 is 0 Å². The lowest BCUT2D eigenvalue weighted by atomic mass is 10.2. The van der Waals surface area contributed by atoms with Crippen molar-refractivity contribution >= 4 is 22.5 Å². The van der Waals surface area contributed by atoms with Crippen molar-refractivity contribution in [2.75, 3.05) is 6.61 Å². The molecule has 0 aliphatic rings. The number of aryl methyl sites for hydroxylation is 1. The number of aliphatic hydroxyl groups is 1. The first-order valence-corrected chi connectivity index (χ1v) is 4.92. The quantitative estimate of drug-likeness (QED) is 0.843. The molecule has 2 rings (SSSR count). The second-order valence-electron chi connectivity index (χ2n) is 3.11. The van der Waals surface area contributed by atoms with Crippen LogP contribution in [0.15, 0.2) is 24.3 Å². The fraction of sp³-hybridized carbons (Fsp3) is 0.300. The molecule has 0 radical (unpaired) electrons. The van der Waals surface area contributed by atoms with Crippen LogP contribution in [0.3, 0.4) is 0 Å². The van der Waals surface area contributed by atoms with Gasteiger partial charge in [0, 0.05) is 18.5 Å². The summed E-state index contributed by atoms with van der Waals surface area (Å²) < 4.78 is 1.83. The van der Waals surface area contributed by atoms with Crippen LogP contribution in [-0.4, -0.2) is 21.5 Å². The van der Waals surface area contributed by atoms with Crippen LogP contribution in [0.1, 0.15) is 6.42 Å². The molecule has 1 aromatic carbocycles. The van der Waals surface area contributed by atoms with Gasteiger partial charge in [-0.15, -0.1) is 0 Å². The summed E-state index contributed by atoms with van der Waals surface area (Å²) in [7, 11) is 0. The Morgan fingerprint density at radius 3 is 2.93 bits per heavy atom. The number of rotatable bonds is 3. The number of hydrogen-bond donors (Lipinski definition) is 1. The van der Waals surface area contributed by atoms with E-state index in [2.05, 4.69) is 5.10 Å². The molecule has 0 spiro atoms. The van der Waals surface area contributed by atoms with Gasteiger partial charge in [0.05, 0.1) is 5.52 Å². The van der Waals surface area contributed by atoms with E-state index in [9.17, 15) is 0 Å². The number of fused-ring (bicyclic) bond motifs is 1. The van der Waals surface area contributed by atoms with Gasteiger partial charge in [0.25, 0.3) is 0 Å². The molecule has 0 unspecified atom stereocenters. The zero-order valence-electron chi connectivity index (χ0n) is 7.65. The molecule has 1 N–H and O–H groups in total. The van der Waals surface area contributed by atoms with Crippen LogP contribution >= 0.6 is 11.6 Å². The molecule has 3 nitrogen and oxygen atoms in total. The van der Waals surface area contributed by atoms with E-state index in [-0.39, 0.29) is 6.61 Å². The van der Waals surface area contributed by atoms with Gasteiger partial charge >= 0.3 is 0 Å². The van der Waals surface area contributed by atoms with Gasteiger partial charge in [0.2, 0.25) is 0 Å². The fourth-order valence-electron chi connectivity index (χ4n) is 1.48. The third-order valence-corrected chi connectivity index (χ3v) is 2.42. The smallest absolute Gasteiger partial charge is 0.158 e. The van der Waals surface area contributed by atoms with Crippen molar-refractivity contribution in [3.8, 4) is 0 Å². The highest BCUT2D eigenvalue weighted by Crippen LogP contribution is 2.22. The minimum atomic E-state index is 0.172. The van der Waals surface area contributed by atoms with Crippen molar-refractivity contribution in [3.63, 3.8) is 0 Å². The molecule has 4 heteroatoms. The Morgan fingerprint density at radius 1 is 1.36 bits per heavy atom. The lowest BCUT2D eigenvalue weighted by Crippen LogP contribution is -2.01. The average molecular weight is 211 g/mol. The number of halogens is 1. The second-order valence-corrected chi connectivity index (χ2v) is 3.47. The summed E-state index contributed by atoms with van der Waals surface area (Å²) in [6.45, 7) is 0.871. The fourth-order valence-corrected chi connectivity index (χ4v) is 1.73. The third kappa shape index (κ3) is 1.61. The van der Waals surface area contributed by atoms with Crippen molar-refractivity contribution in [2.45, 2.75) is 13.0 Å². The van der Waals surface area contributed by atoms with E-state index in [0.717, 1.165) is 10.9 Å². The lowest BCUT2D eigenvalue weighted by Gasteiger charge is -2.00. The summed E-state index contributed by atoms with van der Waals surface area (Å²) in [5.74, 6) is 0. The van der Waals surface area contributed by atoms with Crippen LogP contribution < -0.4 is 0 Å². The largest absolute Gasteiger partial charge is 0.396 e. The number of benzene rings is 1. The van der Waals surface area contributed by atoms with Gasteiger partial charge in [-0.3, -0.25) is 4.68 Å². The Labute approximate surface area is 86.9 Å². The van der Waals surface area contributed by atoms with E-state index in [1.54, 1.807) is 0 Å². The molecule has 14 heavy (non-hydrogen) atoms. The summed E-state index contributed by atoms with van der Waals surface area (Å²) >= 11 is 5.96. The molecule has 0 amide bonds. The molecule has 1 aromatic heterocycles. The van der Waals surface area contributed by atoms with Crippen LogP contribution in [0.5, 0.6) is 0 Å². The Hall–Kier alpha value is -1.06. The first kappa shape index (κ1) is 9.49. The van der Waals surface area contributed by atoms with Gasteiger partial charge < -0.3 is 5.11 Å². The summed E-state index contributed by atoms with van der Waals surface area (Å²) in [4.78, 5) is 0. The summed E-state index contributed by atoms with van der Waals surface area (Å²) in [6.07, 6.45) is 0.696. The molecule has 74 valence electrons. The molecule has 0 atom stereocenters. The molecule has 0 fully saturated rings. The van der Waals surface area contributed by atoms with Crippen LogP contribution in [0, 0.1) is 0 Å². The number of nitrogens with zero attached hydrogens (tertiary/aromatic N) is 2. The highest BCUT2D eigenvalue weighted by Gasteiger charge is 2.06. The standard InChI is InChI=1S/C10H11ClN2O/c11-10-8-4-1-2-5-9(8)13(12-10)6-3-7-14/h1-2,4-5,14H,3,6-7H2. The zero-order chi connectivity index (χ0) is 9.97. The topological polar surface area (TPSA) is 38.0 Å². The van der Waals surface area contributed by atoms with Gasteiger partial charge in [-0.05, 0) is 18.6 Å². The first-order chi connectivity index (χ1) is 6.83. The maximum atomic E-state index is 8.73.